The van der Waals surface area contributed by atoms with Gasteiger partial charge in [0.05, 0.1) is 12.6 Å². The molecule has 0 unspecified atom stereocenters. The van der Waals surface area contributed by atoms with Crippen LogP contribution in [-0.4, -0.2) is 95.8 Å². The Labute approximate surface area is 227 Å². The van der Waals surface area contributed by atoms with Gasteiger partial charge in [-0.3, -0.25) is 4.79 Å². The van der Waals surface area contributed by atoms with Crippen LogP contribution in [0.5, 0.6) is 0 Å². The number of carbonyl (C=O) groups excluding carboxylic acids is 1. The minimum atomic E-state index is -4.19. The van der Waals surface area contributed by atoms with Crippen LogP contribution in [0, 0.1) is 11.2 Å². The van der Waals surface area contributed by atoms with Gasteiger partial charge in [-0.15, -0.1) is 16.4 Å². The van der Waals surface area contributed by atoms with Crippen molar-refractivity contribution in [2.45, 2.75) is 43.9 Å². The van der Waals surface area contributed by atoms with Crippen LogP contribution >= 0.6 is 0 Å². The van der Waals surface area contributed by atoms with E-state index >= 15 is 4.39 Å². The molecule has 3 fully saturated rings. The van der Waals surface area contributed by atoms with Crippen molar-refractivity contribution in [2.75, 3.05) is 19.2 Å². The fraction of sp³-hybridized carbons (Fsp3) is 0.458. The summed E-state index contributed by atoms with van der Waals surface area (Å²) < 4.78 is 62.3. The highest BCUT2D eigenvalue weighted by Crippen LogP contribution is 2.56. The fourth-order valence-electron chi connectivity index (χ4n) is 6.35. The normalized spacial score (nSPS) is 23.9. The number of ether oxygens (including phenoxy) is 1. The predicted molar refractivity (Wildman–Crippen MR) is 160 cm³/mol. The van der Waals surface area contributed by atoms with Crippen molar-refractivity contribution in [2.24, 2.45) is 5.41 Å². The van der Waals surface area contributed by atoms with E-state index < -0.39 is 39.6 Å². The van der Waals surface area contributed by atoms with Gasteiger partial charge < -0.3 is 9.64 Å². The van der Waals surface area contributed by atoms with Gasteiger partial charge in [-0.25, -0.2) is 21.9 Å². The lowest BCUT2D eigenvalue weighted by Crippen LogP contribution is -2.55. The molecule has 0 radical (unpaired) electrons. The molecule has 1 saturated carbocycles. The van der Waals surface area contributed by atoms with E-state index in [1.807, 2.05) is 31.4 Å². The van der Waals surface area contributed by atoms with E-state index in [1.54, 1.807) is 23.1 Å². The molecule has 14 heteroatoms. The third-order valence-corrected chi connectivity index (χ3v) is 10.2. The van der Waals surface area contributed by atoms with E-state index in [0.717, 1.165) is 40.3 Å². The summed E-state index contributed by atoms with van der Waals surface area (Å²) in [5.74, 6) is -0.583. The highest BCUT2D eigenvalue weighted by molar-refractivity contribution is 7.89. The van der Waals surface area contributed by atoms with E-state index in [0.29, 0.717) is 30.7 Å². The zero-order chi connectivity index (χ0) is 27.6. The number of likely N-dealkylation sites (tertiary alicyclic amines) is 1. The van der Waals surface area contributed by atoms with Crippen LogP contribution < -0.4 is 32.0 Å². The molecular weight excluding hydrogens is 504 g/mol. The third kappa shape index (κ3) is 4.56. The number of nitrogens with one attached hydrogen (secondary N) is 1. The van der Waals surface area contributed by atoms with Crippen molar-refractivity contribution in [1.29, 1.82) is 0 Å². The number of halogens is 2. The van der Waals surface area contributed by atoms with Crippen LogP contribution in [0.2, 0.25) is 0 Å². The molecule has 3 atom stereocenters. The molecule has 2 aromatic carbocycles. The van der Waals surface area contributed by atoms with Crippen LogP contribution in [-0.2, 0) is 26.0 Å². The minimum Gasteiger partial charge on any atom is -0.368 e. The minimum absolute atomic E-state index is 0.112. The van der Waals surface area contributed by atoms with Crippen molar-refractivity contribution in [1.82, 2.24) is 9.62 Å². The summed E-state index contributed by atoms with van der Waals surface area (Å²) in [5, 5.41) is 0. The van der Waals surface area contributed by atoms with E-state index in [-0.39, 0.29) is 18.1 Å². The first-order valence-corrected chi connectivity index (χ1v) is 14.9. The maximum absolute atomic E-state index is 16.3. The molecule has 2 saturated heterocycles. The first kappa shape index (κ1) is 27.5. The second-order valence-electron chi connectivity index (χ2n) is 11.3. The van der Waals surface area contributed by atoms with Gasteiger partial charge in [-0.2, -0.15) is 0 Å². The first-order valence-electron chi connectivity index (χ1n) is 13.2. The molecule has 6 nitrogen and oxygen atoms in total. The molecule has 1 N–H and O–H groups in total. The number of sulfonamides is 1. The van der Waals surface area contributed by atoms with Gasteiger partial charge in [-0.1, -0.05) is 29.1 Å². The van der Waals surface area contributed by atoms with Gasteiger partial charge in [0.2, 0.25) is 16.0 Å². The average Bonchev–Trinajstić information content (AvgIpc) is 3.57. The number of benzene rings is 2. The van der Waals surface area contributed by atoms with Gasteiger partial charge >= 0.3 is 0 Å². The van der Waals surface area contributed by atoms with Crippen LogP contribution in [0.25, 0.3) is 11.1 Å². The summed E-state index contributed by atoms with van der Waals surface area (Å²) in [6.45, 7) is 0.856. The summed E-state index contributed by atoms with van der Waals surface area (Å²) in [6.07, 6.45) is 1.60. The molecule has 1 aliphatic carbocycles. The fourth-order valence-corrected chi connectivity index (χ4v) is 7.20. The quantitative estimate of drug-likeness (QED) is 0.359. The zero-order valence-electron chi connectivity index (χ0n) is 22.7. The van der Waals surface area contributed by atoms with Crippen molar-refractivity contribution in [3.8, 4) is 11.1 Å². The topological polar surface area (TPSA) is 75.7 Å². The second kappa shape index (κ2) is 9.86. The molecule has 2 heterocycles. The summed E-state index contributed by atoms with van der Waals surface area (Å²) in [6, 6.07) is 2.39. The SMILES string of the molecule is Bc1c(B)c(B)c(-c2cccc(C[C@H]3[C@@H](NS(=O)(=O)CF)C4(CC4)CN3C(=O)[C@H]3CCO3)c2F)c(B)c1B. The Balaban J connectivity index is 1.56. The number of nitrogens with zero attached hydrogens (tertiary/aromatic N) is 1. The number of hydrogen-bond donors (Lipinski definition) is 1. The standard InChI is InChI=1S/C24H31B5F2N2O4S/c25-16-15(17(26)19(28)20(29)18(16)27)12-3-1-2-11(21(12)31)8-13-22(32-38(35,36)10-30)24(5-6-24)9-33(13)23(34)14-4-7-37-14/h1-3,13-14,22,32H,4-10,25-29H2/t13-,14+,22+/m0/s1. The third-order valence-electron chi connectivity index (χ3n) is 9.31. The smallest absolute Gasteiger partial charge is 0.252 e. The van der Waals surface area contributed by atoms with Crippen LogP contribution in [0.3, 0.4) is 0 Å². The van der Waals surface area contributed by atoms with E-state index in [9.17, 15) is 17.6 Å². The van der Waals surface area contributed by atoms with Gasteiger partial charge in [0.15, 0.2) is 0 Å². The molecule has 2 aromatic rings. The average molecular weight is 536 g/mol. The Morgan fingerprint density at radius 1 is 1.08 bits per heavy atom. The number of carbonyl (C=O) groups is 1. The Bertz CT molecular complexity index is 1390. The molecule has 0 aromatic heterocycles. The zero-order valence-corrected chi connectivity index (χ0v) is 23.5. The number of alkyl halides is 1. The van der Waals surface area contributed by atoms with Gasteiger partial charge in [-0.05, 0) is 30.4 Å². The molecule has 0 bridgehead atoms. The molecule has 38 heavy (non-hydrogen) atoms. The van der Waals surface area contributed by atoms with Crippen LogP contribution in [0.1, 0.15) is 24.8 Å². The number of rotatable bonds is 7. The molecule has 196 valence electrons. The van der Waals surface area contributed by atoms with Gasteiger partial charge in [0.1, 0.15) is 51.2 Å². The van der Waals surface area contributed by atoms with Gasteiger partial charge in [0, 0.05) is 30.0 Å². The van der Waals surface area contributed by atoms with E-state index in [1.165, 1.54) is 5.46 Å². The monoisotopic (exact) mass is 536 g/mol. The van der Waals surface area contributed by atoms with E-state index in [2.05, 4.69) is 12.6 Å². The summed E-state index contributed by atoms with van der Waals surface area (Å²) in [5.41, 5.74) is 6.77. The van der Waals surface area contributed by atoms with Crippen LogP contribution in [0.15, 0.2) is 18.2 Å². The number of amides is 1. The Morgan fingerprint density at radius 2 is 1.68 bits per heavy atom. The summed E-state index contributed by atoms with van der Waals surface area (Å²) in [4.78, 5) is 15.0. The summed E-state index contributed by atoms with van der Waals surface area (Å²) in [7, 11) is 5.99. The maximum Gasteiger partial charge on any atom is 0.252 e. The lowest BCUT2D eigenvalue weighted by atomic mass is 9.59. The van der Waals surface area contributed by atoms with Crippen molar-refractivity contribution >= 4 is 82.5 Å². The Hall–Kier alpha value is -2.04. The Morgan fingerprint density at radius 3 is 2.21 bits per heavy atom. The van der Waals surface area contributed by atoms with E-state index in [4.69, 9.17) is 4.74 Å². The summed E-state index contributed by atoms with van der Waals surface area (Å²) >= 11 is 0. The lowest BCUT2D eigenvalue weighted by molar-refractivity contribution is -0.157. The Kier molecular flexibility index (Phi) is 7.14. The van der Waals surface area contributed by atoms with Crippen molar-refractivity contribution in [3.05, 3.63) is 29.6 Å². The lowest BCUT2D eigenvalue weighted by Gasteiger charge is -2.34. The predicted octanol–water partition coefficient (Wildman–Crippen LogP) is -5.68. The highest BCUT2D eigenvalue weighted by Gasteiger charge is 2.62. The molecule has 1 spiro atoms. The molecular formula is C24H31B5F2N2O4S. The number of hydrogen-bond acceptors (Lipinski definition) is 4. The molecule has 5 rings (SSSR count). The molecule has 2 aliphatic heterocycles. The maximum atomic E-state index is 16.3. The molecule has 1 amide bonds. The largest absolute Gasteiger partial charge is 0.368 e. The van der Waals surface area contributed by atoms with Gasteiger partial charge in [0.25, 0.3) is 5.91 Å². The second-order valence-corrected chi connectivity index (χ2v) is 13.0. The molecule has 3 aliphatic rings. The van der Waals surface area contributed by atoms with Crippen molar-refractivity contribution < 1.29 is 26.7 Å². The first-order chi connectivity index (χ1) is 17.9. The van der Waals surface area contributed by atoms with Crippen molar-refractivity contribution in [3.63, 3.8) is 0 Å². The highest BCUT2D eigenvalue weighted by atomic mass is 32.2. The van der Waals surface area contributed by atoms with Crippen LogP contribution in [0.4, 0.5) is 8.78 Å².